The van der Waals surface area contributed by atoms with E-state index in [2.05, 4.69) is 25.9 Å². The monoisotopic (exact) mass is 380 g/mol. The Morgan fingerprint density at radius 1 is 1.10 bits per heavy atom. The highest BCUT2D eigenvalue weighted by Crippen LogP contribution is 2.32. The van der Waals surface area contributed by atoms with Crippen molar-refractivity contribution in [2.45, 2.75) is 20.0 Å². The average molecular weight is 382 g/mol. The molecule has 0 atom stereocenters. The van der Waals surface area contributed by atoms with Crippen molar-refractivity contribution in [3.8, 4) is 11.6 Å². The van der Waals surface area contributed by atoms with E-state index >= 15 is 0 Å². The minimum absolute atomic E-state index is 0.261. The van der Waals surface area contributed by atoms with Gasteiger partial charge in [-0.25, -0.2) is 4.98 Å². The molecular weight excluding hydrogens is 373 g/mol. The molecule has 2 aromatic rings. The summed E-state index contributed by atoms with van der Waals surface area (Å²) in [5, 5.41) is -0.335. The van der Waals surface area contributed by atoms with Gasteiger partial charge in [-0.15, -0.1) is 0 Å². The fraction of sp³-hybridized carbons (Fsp3) is 0.231. The lowest BCUT2D eigenvalue weighted by Crippen LogP contribution is -2.11. The van der Waals surface area contributed by atoms with Gasteiger partial charge in [-0.3, -0.25) is 0 Å². The van der Waals surface area contributed by atoms with Crippen molar-refractivity contribution in [1.29, 1.82) is 0 Å². The molecule has 1 aromatic carbocycles. The van der Waals surface area contributed by atoms with Gasteiger partial charge in [0, 0.05) is 10.5 Å². The van der Waals surface area contributed by atoms with Gasteiger partial charge in [0.2, 0.25) is 11.7 Å². The smallest absolute Gasteiger partial charge is 0.439 e. The number of nitrogens with zero attached hydrogens (tertiary/aromatic N) is 2. The number of alkyl halides is 3. The zero-order chi connectivity index (χ0) is 15.8. The van der Waals surface area contributed by atoms with E-state index in [0.29, 0.717) is 5.75 Å². The molecule has 1 aromatic heterocycles. The van der Waals surface area contributed by atoms with Crippen LogP contribution < -0.4 is 4.74 Å². The molecule has 0 N–H and O–H groups in total. The van der Waals surface area contributed by atoms with Crippen LogP contribution in [0, 0.1) is 13.8 Å². The number of hydrogen-bond donors (Lipinski definition) is 0. The van der Waals surface area contributed by atoms with Gasteiger partial charge in [0.05, 0.1) is 0 Å². The highest BCUT2D eigenvalue weighted by Gasteiger charge is 2.35. The Morgan fingerprint density at radius 3 is 2.19 bits per heavy atom. The molecule has 0 spiro atoms. The molecule has 2 rings (SSSR count). The molecular formula is C13H9BrClF3N2O. The molecule has 112 valence electrons. The van der Waals surface area contributed by atoms with Crippen molar-refractivity contribution in [3.63, 3.8) is 0 Å². The maximum absolute atomic E-state index is 12.6. The predicted octanol–water partition coefficient (Wildman–Crippen LogP) is 5.32. The Balaban J connectivity index is 2.38. The molecule has 0 amide bonds. The van der Waals surface area contributed by atoms with Crippen molar-refractivity contribution < 1.29 is 17.9 Å². The predicted molar refractivity (Wildman–Crippen MR) is 75.7 cm³/mol. The lowest BCUT2D eigenvalue weighted by Gasteiger charge is -2.11. The number of hydrogen-bond acceptors (Lipinski definition) is 3. The Bertz CT molecular complexity index is 669. The summed E-state index contributed by atoms with van der Waals surface area (Å²) < 4.78 is 44.1. The summed E-state index contributed by atoms with van der Waals surface area (Å²) in [4.78, 5) is 6.47. The van der Waals surface area contributed by atoms with Crippen LogP contribution in [0.1, 0.15) is 17.0 Å². The number of benzene rings is 1. The van der Waals surface area contributed by atoms with Crippen LogP contribution in [0.15, 0.2) is 22.7 Å². The first kappa shape index (κ1) is 16.0. The number of aryl methyl sites for hydroxylation is 2. The molecule has 0 saturated carbocycles. The second-order valence-electron chi connectivity index (χ2n) is 4.32. The van der Waals surface area contributed by atoms with Crippen LogP contribution in [0.5, 0.6) is 11.6 Å². The van der Waals surface area contributed by atoms with Crippen molar-refractivity contribution in [2.24, 2.45) is 0 Å². The molecule has 0 aliphatic carbocycles. The SMILES string of the molecule is Cc1cc(Oc2cc(Cl)nc(C(F)(F)F)n2)cc(C)c1Br. The van der Waals surface area contributed by atoms with Gasteiger partial charge in [-0.05, 0) is 37.1 Å². The van der Waals surface area contributed by atoms with E-state index in [1.165, 1.54) is 0 Å². The Labute approximate surface area is 132 Å². The molecule has 21 heavy (non-hydrogen) atoms. The number of ether oxygens (including phenoxy) is 1. The summed E-state index contributed by atoms with van der Waals surface area (Å²) in [6.45, 7) is 3.69. The maximum atomic E-state index is 12.6. The third kappa shape index (κ3) is 3.85. The van der Waals surface area contributed by atoms with Gasteiger partial charge in [0.25, 0.3) is 0 Å². The minimum atomic E-state index is -4.69. The van der Waals surface area contributed by atoms with E-state index in [1.807, 2.05) is 13.8 Å². The molecule has 0 aliphatic rings. The van der Waals surface area contributed by atoms with Gasteiger partial charge >= 0.3 is 6.18 Å². The van der Waals surface area contributed by atoms with Crippen molar-refractivity contribution in [1.82, 2.24) is 9.97 Å². The third-order valence-electron chi connectivity index (χ3n) is 2.56. The summed E-state index contributed by atoms with van der Waals surface area (Å²) in [6.07, 6.45) is -4.69. The number of aromatic nitrogens is 2. The van der Waals surface area contributed by atoms with Crippen molar-refractivity contribution >= 4 is 27.5 Å². The Hall–Kier alpha value is -1.34. The maximum Gasteiger partial charge on any atom is 0.451 e. The molecule has 0 fully saturated rings. The van der Waals surface area contributed by atoms with Crippen molar-refractivity contribution in [2.75, 3.05) is 0 Å². The van der Waals surface area contributed by atoms with E-state index in [0.717, 1.165) is 21.7 Å². The first-order valence-electron chi connectivity index (χ1n) is 5.73. The third-order valence-corrected chi connectivity index (χ3v) is 4.00. The average Bonchev–Trinajstić information content (AvgIpc) is 2.34. The second kappa shape index (κ2) is 5.81. The standard InChI is InChI=1S/C13H9BrClF3N2O/c1-6-3-8(4-7(2)11(6)14)21-10-5-9(15)19-12(20-10)13(16,17)18/h3-5H,1-2H3. The van der Waals surface area contributed by atoms with E-state index in [4.69, 9.17) is 16.3 Å². The first-order valence-corrected chi connectivity index (χ1v) is 6.90. The zero-order valence-electron chi connectivity index (χ0n) is 10.9. The highest BCUT2D eigenvalue weighted by atomic mass is 79.9. The number of halogens is 5. The van der Waals surface area contributed by atoms with Gasteiger partial charge in [-0.1, -0.05) is 27.5 Å². The van der Waals surface area contributed by atoms with Crippen LogP contribution in [-0.4, -0.2) is 9.97 Å². The minimum Gasteiger partial charge on any atom is -0.439 e. The molecule has 0 saturated heterocycles. The highest BCUT2D eigenvalue weighted by molar-refractivity contribution is 9.10. The summed E-state index contributed by atoms with van der Waals surface area (Å²) in [7, 11) is 0. The topological polar surface area (TPSA) is 35.0 Å². The fourth-order valence-corrected chi connectivity index (χ4v) is 2.06. The van der Waals surface area contributed by atoms with E-state index in [9.17, 15) is 13.2 Å². The van der Waals surface area contributed by atoms with Gasteiger partial charge in [0.1, 0.15) is 10.9 Å². The molecule has 0 aliphatic heterocycles. The molecule has 8 heteroatoms. The molecule has 0 unspecified atom stereocenters. The van der Waals surface area contributed by atoms with Crippen LogP contribution in [0.25, 0.3) is 0 Å². The molecule has 3 nitrogen and oxygen atoms in total. The molecule has 1 heterocycles. The van der Waals surface area contributed by atoms with E-state index < -0.39 is 12.0 Å². The first-order chi connectivity index (χ1) is 9.66. The van der Waals surface area contributed by atoms with Crippen LogP contribution >= 0.6 is 27.5 Å². The van der Waals surface area contributed by atoms with E-state index in [1.54, 1.807) is 12.1 Å². The van der Waals surface area contributed by atoms with E-state index in [-0.39, 0.29) is 11.0 Å². The normalized spacial score (nSPS) is 11.6. The Kier molecular flexibility index (Phi) is 4.43. The number of rotatable bonds is 2. The van der Waals surface area contributed by atoms with Gasteiger partial charge in [0.15, 0.2) is 0 Å². The van der Waals surface area contributed by atoms with Crippen LogP contribution in [0.4, 0.5) is 13.2 Å². The second-order valence-corrected chi connectivity index (χ2v) is 5.50. The summed E-state index contributed by atoms with van der Waals surface area (Å²) in [6, 6.07) is 4.49. The molecule has 0 radical (unpaired) electrons. The largest absolute Gasteiger partial charge is 0.451 e. The van der Waals surface area contributed by atoms with Gasteiger partial charge in [-0.2, -0.15) is 18.2 Å². The fourth-order valence-electron chi connectivity index (χ4n) is 1.66. The summed E-state index contributed by atoms with van der Waals surface area (Å²) >= 11 is 8.97. The lowest BCUT2D eigenvalue weighted by atomic mass is 10.1. The summed E-state index contributed by atoms with van der Waals surface area (Å²) in [5.74, 6) is -1.23. The van der Waals surface area contributed by atoms with Crippen molar-refractivity contribution in [3.05, 3.63) is 44.8 Å². The van der Waals surface area contributed by atoms with Crippen LogP contribution in [0.3, 0.4) is 0 Å². The van der Waals surface area contributed by atoms with Crippen LogP contribution in [0.2, 0.25) is 5.15 Å². The molecule has 0 bridgehead atoms. The quantitative estimate of drug-likeness (QED) is 0.660. The summed E-state index contributed by atoms with van der Waals surface area (Å²) in [5.41, 5.74) is 1.78. The lowest BCUT2D eigenvalue weighted by molar-refractivity contribution is -0.145. The zero-order valence-corrected chi connectivity index (χ0v) is 13.3. The van der Waals surface area contributed by atoms with Gasteiger partial charge < -0.3 is 4.74 Å². The Morgan fingerprint density at radius 2 is 1.67 bits per heavy atom. The van der Waals surface area contributed by atoms with Crippen LogP contribution in [-0.2, 0) is 6.18 Å².